The highest BCUT2D eigenvalue weighted by Gasteiger charge is 2.18. The zero-order valence-corrected chi connectivity index (χ0v) is 12.9. The van der Waals surface area contributed by atoms with E-state index in [0.29, 0.717) is 16.1 Å². The number of Topliss-reactive ketones (excluding diaryl/α,β-unsaturated/α-hetero) is 1. The first-order valence-electron chi connectivity index (χ1n) is 5.82. The lowest BCUT2D eigenvalue weighted by molar-refractivity contribution is 0.0990. The molecule has 0 heterocycles. The van der Waals surface area contributed by atoms with E-state index < -0.39 is 11.6 Å². The summed E-state index contributed by atoms with van der Waals surface area (Å²) < 4.78 is 27.6. The largest absolute Gasteiger partial charge is 0.294 e. The minimum absolute atomic E-state index is 0.129. The first-order valence-corrected chi connectivity index (χ1v) is 6.99. The molecule has 0 aliphatic heterocycles. The maximum Gasteiger partial charge on any atom is 0.167 e. The summed E-state index contributed by atoms with van der Waals surface area (Å²) in [6, 6.07) is 7.28. The molecule has 0 N–H and O–H groups in total. The van der Waals surface area contributed by atoms with Gasteiger partial charge in [0.2, 0.25) is 0 Å². The highest BCUT2D eigenvalue weighted by Crippen LogP contribution is 2.25. The quantitative estimate of drug-likeness (QED) is 0.549. The van der Waals surface area contributed by atoms with E-state index in [2.05, 4.69) is 15.9 Å². The molecule has 0 saturated carbocycles. The predicted molar refractivity (Wildman–Crippen MR) is 78.3 cm³/mol. The maximum atomic E-state index is 13.9. The second-order valence-electron chi connectivity index (χ2n) is 4.33. The second-order valence-corrected chi connectivity index (χ2v) is 5.60. The average Bonchev–Trinajstić information content (AvgIpc) is 2.42. The standard InChI is InChI=1S/C15H10BrClF2O/c1-8-9(3-2-4-12(8)17)14(20)7-10-13(18)6-5-11(16)15(10)19/h2-6H,7H2,1H3. The Labute approximate surface area is 128 Å². The van der Waals surface area contributed by atoms with E-state index in [0.717, 1.165) is 6.07 Å². The van der Waals surface area contributed by atoms with Crippen LogP contribution < -0.4 is 0 Å². The molecule has 2 rings (SSSR count). The van der Waals surface area contributed by atoms with Gasteiger partial charge in [0.15, 0.2) is 5.78 Å². The Morgan fingerprint density at radius 1 is 1.25 bits per heavy atom. The SMILES string of the molecule is Cc1c(Cl)cccc1C(=O)Cc1c(F)ccc(Br)c1F. The Morgan fingerprint density at radius 3 is 2.65 bits per heavy atom. The van der Waals surface area contributed by atoms with Crippen LogP contribution in [0, 0.1) is 18.6 Å². The van der Waals surface area contributed by atoms with Crippen LogP contribution in [0.5, 0.6) is 0 Å². The number of carbonyl (C=O) groups is 1. The molecule has 0 aromatic heterocycles. The fourth-order valence-corrected chi connectivity index (χ4v) is 2.44. The van der Waals surface area contributed by atoms with Crippen molar-refractivity contribution in [2.45, 2.75) is 13.3 Å². The molecule has 0 radical (unpaired) electrons. The van der Waals surface area contributed by atoms with Gasteiger partial charge in [-0.05, 0) is 46.6 Å². The molecular weight excluding hydrogens is 350 g/mol. The number of hydrogen-bond donors (Lipinski definition) is 0. The molecule has 1 nitrogen and oxygen atoms in total. The van der Waals surface area contributed by atoms with E-state index in [9.17, 15) is 13.6 Å². The lowest BCUT2D eigenvalue weighted by atomic mass is 9.98. The third-order valence-corrected chi connectivity index (χ3v) is 4.07. The first kappa shape index (κ1) is 15.1. The van der Waals surface area contributed by atoms with E-state index in [1.807, 2.05) is 0 Å². The normalized spacial score (nSPS) is 10.7. The van der Waals surface area contributed by atoms with Gasteiger partial charge in [0, 0.05) is 22.6 Å². The number of benzene rings is 2. The van der Waals surface area contributed by atoms with E-state index in [1.165, 1.54) is 6.07 Å². The Hall–Kier alpha value is -1.26. The van der Waals surface area contributed by atoms with Crippen molar-refractivity contribution in [3.05, 3.63) is 68.2 Å². The van der Waals surface area contributed by atoms with Gasteiger partial charge in [-0.1, -0.05) is 23.7 Å². The van der Waals surface area contributed by atoms with Crippen LogP contribution in [0.25, 0.3) is 0 Å². The molecule has 20 heavy (non-hydrogen) atoms. The van der Waals surface area contributed by atoms with Gasteiger partial charge in [0.05, 0.1) is 4.47 Å². The van der Waals surface area contributed by atoms with Crippen molar-refractivity contribution < 1.29 is 13.6 Å². The summed E-state index contributed by atoms with van der Waals surface area (Å²) in [5.74, 6) is -1.86. The van der Waals surface area contributed by atoms with Crippen molar-refractivity contribution in [1.29, 1.82) is 0 Å². The number of rotatable bonds is 3. The summed E-state index contributed by atoms with van der Waals surface area (Å²) in [6.07, 6.45) is -0.349. The molecule has 104 valence electrons. The van der Waals surface area contributed by atoms with Crippen LogP contribution in [-0.4, -0.2) is 5.78 Å². The molecule has 0 atom stereocenters. The number of hydrogen-bond acceptors (Lipinski definition) is 1. The highest BCUT2D eigenvalue weighted by molar-refractivity contribution is 9.10. The van der Waals surface area contributed by atoms with Crippen molar-refractivity contribution in [3.8, 4) is 0 Å². The predicted octanol–water partition coefficient (Wildman–Crippen LogP) is 5.11. The zero-order valence-electron chi connectivity index (χ0n) is 10.5. The fourth-order valence-electron chi connectivity index (χ4n) is 1.90. The second kappa shape index (κ2) is 6.02. The molecule has 2 aromatic rings. The minimum Gasteiger partial charge on any atom is -0.294 e. The topological polar surface area (TPSA) is 17.1 Å². The molecule has 5 heteroatoms. The van der Waals surface area contributed by atoms with Crippen LogP contribution >= 0.6 is 27.5 Å². The van der Waals surface area contributed by atoms with Crippen molar-refractivity contribution >= 4 is 33.3 Å². The van der Waals surface area contributed by atoms with Crippen LogP contribution in [0.1, 0.15) is 21.5 Å². The number of ketones is 1. The lowest BCUT2D eigenvalue weighted by Gasteiger charge is -2.09. The summed E-state index contributed by atoms with van der Waals surface area (Å²) in [7, 11) is 0. The van der Waals surface area contributed by atoms with Crippen molar-refractivity contribution in [2.24, 2.45) is 0 Å². The molecule has 0 bridgehead atoms. The van der Waals surface area contributed by atoms with Crippen molar-refractivity contribution in [1.82, 2.24) is 0 Å². The van der Waals surface area contributed by atoms with E-state index in [1.54, 1.807) is 25.1 Å². The summed E-state index contributed by atoms with van der Waals surface area (Å²) in [6.45, 7) is 1.70. The Morgan fingerprint density at radius 2 is 1.95 bits per heavy atom. The highest BCUT2D eigenvalue weighted by atomic mass is 79.9. The van der Waals surface area contributed by atoms with Gasteiger partial charge in [-0.2, -0.15) is 0 Å². The average molecular weight is 360 g/mol. The van der Waals surface area contributed by atoms with Crippen LogP contribution in [0.4, 0.5) is 8.78 Å². The van der Waals surface area contributed by atoms with Crippen LogP contribution in [0.15, 0.2) is 34.8 Å². The third-order valence-electron chi connectivity index (χ3n) is 3.04. The Kier molecular flexibility index (Phi) is 4.55. The fraction of sp³-hybridized carbons (Fsp3) is 0.133. The first-order chi connectivity index (χ1) is 9.41. The van der Waals surface area contributed by atoms with E-state index >= 15 is 0 Å². The summed E-state index contributed by atoms with van der Waals surface area (Å²) >= 11 is 8.92. The van der Waals surface area contributed by atoms with Gasteiger partial charge in [-0.15, -0.1) is 0 Å². The van der Waals surface area contributed by atoms with E-state index in [-0.39, 0.29) is 22.2 Å². The van der Waals surface area contributed by atoms with Crippen LogP contribution in [-0.2, 0) is 6.42 Å². The monoisotopic (exact) mass is 358 g/mol. The van der Waals surface area contributed by atoms with Gasteiger partial charge in [0.1, 0.15) is 11.6 Å². The molecule has 0 aliphatic carbocycles. The lowest BCUT2D eigenvalue weighted by Crippen LogP contribution is -2.09. The van der Waals surface area contributed by atoms with Gasteiger partial charge in [-0.3, -0.25) is 4.79 Å². The van der Waals surface area contributed by atoms with Gasteiger partial charge >= 0.3 is 0 Å². The molecule has 0 amide bonds. The summed E-state index contributed by atoms with van der Waals surface area (Å²) in [5.41, 5.74) is 0.731. The molecule has 0 spiro atoms. The van der Waals surface area contributed by atoms with Gasteiger partial charge in [0.25, 0.3) is 0 Å². The molecule has 0 unspecified atom stereocenters. The molecule has 0 fully saturated rings. The Balaban J connectivity index is 2.38. The summed E-state index contributed by atoms with van der Waals surface area (Å²) in [5, 5.41) is 0.450. The smallest absolute Gasteiger partial charge is 0.167 e. The van der Waals surface area contributed by atoms with Crippen LogP contribution in [0.2, 0.25) is 5.02 Å². The zero-order chi connectivity index (χ0) is 14.9. The number of carbonyl (C=O) groups excluding carboxylic acids is 1. The molecule has 0 saturated heterocycles. The molecular formula is C15H10BrClF2O. The number of halogens is 4. The molecule has 0 aliphatic rings. The maximum absolute atomic E-state index is 13.9. The minimum atomic E-state index is -0.752. The summed E-state index contributed by atoms with van der Waals surface area (Å²) in [4.78, 5) is 12.2. The third kappa shape index (κ3) is 2.91. The molecule has 2 aromatic carbocycles. The Bertz CT molecular complexity index is 686. The van der Waals surface area contributed by atoms with Gasteiger partial charge < -0.3 is 0 Å². The van der Waals surface area contributed by atoms with E-state index in [4.69, 9.17) is 11.6 Å². The van der Waals surface area contributed by atoms with Crippen LogP contribution in [0.3, 0.4) is 0 Å². The van der Waals surface area contributed by atoms with Crippen molar-refractivity contribution in [2.75, 3.05) is 0 Å². The van der Waals surface area contributed by atoms with Gasteiger partial charge in [-0.25, -0.2) is 8.78 Å². The van der Waals surface area contributed by atoms with Crippen molar-refractivity contribution in [3.63, 3.8) is 0 Å².